The van der Waals surface area contributed by atoms with Crippen molar-refractivity contribution in [2.24, 2.45) is 5.10 Å². The first-order chi connectivity index (χ1) is 9.63. The van der Waals surface area contributed by atoms with E-state index in [1.54, 1.807) is 24.3 Å². The Morgan fingerprint density at radius 3 is 2.75 bits per heavy atom. The Morgan fingerprint density at radius 2 is 2.15 bits per heavy atom. The predicted octanol–water partition coefficient (Wildman–Crippen LogP) is 1.10. The summed E-state index contributed by atoms with van der Waals surface area (Å²) in [6.07, 6.45) is 3.24. The van der Waals surface area contributed by atoms with E-state index < -0.39 is 5.37 Å². The van der Waals surface area contributed by atoms with Crippen molar-refractivity contribution < 1.29 is 19.2 Å². The Balaban J connectivity index is 1.98. The first kappa shape index (κ1) is 14.6. The second kappa shape index (κ2) is 6.57. The molecule has 106 valence electrons. The normalized spacial score (nSPS) is 17.8. The molecule has 0 radical (unpaired) electrons. The maximum absolute atomic E-state index is 11.6. The second-order valence-electron chi connectivity index (χ2n) is 3.46. The number of hydrazone groups is 1. The highest BCUT2D eigenvalue weighted by molar-refractivity contribution is 8.76. The van der Waals surface area contributed by atoms with Crippen LogP contribution in [-0.4, -0.2) is 35.5 Å². The van der Waals surface area contributed by atoms with Gasteiger partial charge < -0.3 is 14.7 Å². The van der Waals surface area contributed by atoms with Crippen LogP contribution in [0.2, 0.25) is 0 Å². The maximum Gasteiger partial charge on any atom is 0.311 e. The van der Waals surface area contributed by atoms with Gasteiger partial charge in [-0.15, -0.1) is 0 Å². The van der Waals surface area contributed by atoms with Crippen molar-refractivity contribution in [1.29, 1.82) is 0 Å². The molecule has 10 heteroatoms. The zero-order valence-corrected chi connectivity index (χ0v) is 12.3. The van der Waals surface area contributed by atoms with E-state index in [0.29, 0.717) is 14.7 Å². The van der Waals surface area contributed by atoms with Crippen molar-refractivity contribution in [2.75, 3.05) is 14.2 Å². The predicted molar refractivity (Wildman–Crippen MR) is 74.2 cm³/mol. The average Bonchev–Trinajstić information content (AvgIpc) is 2.46. The van der Waals surface area contributed by atoms with Crippen LogP contribution in [0, 0.1) is 10.1 Å². The van der Waals surface area contributed by atoms with Crippen molar-refractivity contribution >= 4 is 27.5 Å². The molecular formula is C10H11N4O4S2+. The quantitative estimate of drug-likeness (QED) is 0.467. The van der Waals surface area contributed by atoms with Gasteiger partial charge in [-0.05, 0) is 4.85 Å². The fourth-order valence-electron chi connectivity index (χ4n) is 1.25. The smallest absolute Gasteiger partial charge is 0.311 e. The van der Waals surface area contributed by atoms with Gasteiger partial charge in [0.2, 0.25) is 0 Å². The topological polar surface area (TPSA) is 90.7 Å². The summed E-state index contributed by atoms with van der Waals surface area (Å²) in [5.74, 6) is 0.471. The van der Waals surface area contributed by atoms with Gasteiger partial charge in [0.25, 0.3) is 16.8 Å². The van der Waals surface area contributed by atoms with Crippen LogP contribution in [0.3, 0.4) is 0 Å². The summed E-state index contributed by atoms with van der Waals surface area (Å²) in [6, 6.07) is 3.15. The summed E-state index contributed by atoms with van der Waals surface area (Å²) in [6.45, 7) is 0. The van der Waals surface area contributed by atoms with Crippen LogP contribution in [0.15, 0.2) is 34.4 Å². The van der Waals surface area contributed by atoms with E-state index in [0.717, 1.165) is 10.8 Å². The van der Waals surface area contributed by atoms with Crippen molar-refractivity contribution in [3.05, 3.63) is 34.4 Å². The Hall–Kier alpha value is -1.81. The average molecular weight is 315 g/mol. The lowest BCUT2D eigenvalue weighted by atomic mass is 10.4. The highest BCUT2D eigenvalue weighted by Crippen LogP contribution is 2.34. The van der Waals surface area contributed by atoms with Gasteiger partial charge in [-0.25, -0.2) is 0 Å². The van der Waals surface area contributed by atoms with Crippen molar-refractivity contribution in [3.63, 3.8) is 0 Å². The largest absolute Gasteiger partial charge is 0.593 e. The lowest BCUT2D eigenvalue weighted by Crippen LogP contribution is -2.33. The van der Waals surface area contributed by atoms with Gasteiger partial charge in [0.15, 0.2) is 4.87 Å². The molecule has 20 heavy (non-hydrogen) atoms. The van der Waals surface area contributed by atoms with Crippen LogP contribution in [0.25, 0.3) is 0 Å². The number of hydrogen-bond donors (Lipinski definition) is 0. The molecule has 0 amide bonds. The molecule has 0 saturated carbocycles. The molecule has 1 aliphatic rings. The van der Waals surface area contributed by atoms with Crippen LogP contribution < -0.4 is 9.58 Å². The van der Waals surface area contributed by atoms with Crippen LogP contribution in [0.5, 0.6) is 5.88 Å². The lowest BCUT2D eigenvalue weighted by Gasteiger charge is -2.05. The molecule has 0 bridgehead atoms. The first-order valence-electron chi connectivity index (χ1n) is 5.39. The van der Waals surface area contributed by atoms with E-state index in [2.05, 4.69) is 10.2 Å². The van der Waals surface area contributed by atoms with E-state index in [1.807, 2.05) is 0 Å². The van der Waals surface area contributed by atoms with Gasteiger partial charge in [0, 0.05) is 45.9 Å². The minimum Gasteiger partial charge on any atom is -0.593 e. The standard InChI is InChI=1S/C10H11N4O4S2/c1-17-7-3-5-9(13(15)11-7)19-20-10-6-4-8(18-2)12-14(10)16/h3-6,9H,1-2H3/q+1. The minimum absolute atomic E-state index is 0.228. The van der Waals surface area contributed by atoms with Crippen LogP contribution in [0.4, 0.5) is 0 Å². The first-order valence-corrected chi connectivity index (χ1v) is 7.60. The molecule has 0 aromatic carbocycles. The lowest BCUT2D eigenvalue weighted by molar-refractivity contribution is -0.706. The van der Waals surface area contributed by atoms with Gasteiger partial charge in [-0.1, -0.05) is 0 Å². The number of hydrogen-bond acceptors (Lipinski definition) is 7. The number of ether oxygens (including phenoxy) is 2. The Morgan fingerprint density at radius 1 is 1.35 bits per heavy atom. The second-order valence-corrected chi connectivity index (χ2v) is 5.80. The minimum atomic E-state index is -0.541. The Bertz CT molecular complexity index is 578. The molecule has 1 aromatic heterocycles. The third kappa shape index (κ3) is 3.39. The summed E-state index contributed by atoms with van der Waals surface area (Å²) < 4.78 is 9.68. The van der Waals surface area contributed by atoms with Gasteiger partial charge >= 0.3 is 5.37 Å². The van der Waals surface area contributed by atoms with Crippen molar-refractivity contribution in [2.45, 2.75) is 10.4 Å². The zero-order valence-electron chi connectivity index (χ0n) is 10.6. The summed E-state index contributed by atoms with van der Waals surface area (Å²) in [5, 5.41) is 18.7. The van der Waals surface area contributed by atoms with Crippen molar-refractivity contribution in [3.8, 4) is 5.88 Å². The summed E-state index contributed by atoms with van der Waals surface area (Å²) in [4.78, 5) is 12.6. The van der Waals surface area contributed by atoms with E-state index in [1.165, 1.54) is 25.0 Å². The molecule has 1 unspecified atom stereocenters. The number of nitroso groups, excluding NO2 is 1. The molecule has 0 aliphatic carbocycles. The molecule has 2 rings (SSSR count). The molecule has 2 heterocycles. The monoisotopic (exact) mass is 315 g/mol. The molecule has 8 nitrogen and oxygen atoms in total. The fraction of sp³-hybridized carbons (Fsp3) is 0.300. The van der Waals surface area contributed by atoms with Crippen molar-refractivity contribution in [1.82, 2.24) is 5.10 Å². The molecule has 1 aromatic rings. The zero-order chi connectivity index (χ0) is 14.5. The number of rotatable bonds is 4. The third-order valence-corrected chi connectivity index (χ3v) is 4.70. The molecule has 0 N–H and O–H groups in total. The van der Waals surface area contributed by atoms with Gasteiger partial charge in [0.1, 0.15) is 0 Å². The number of nitrogens with zero attached hydrogens (tertiary/aromatic N) is 4. The highest BCUT2D eigenvalue weighted by Gasteiger charge is 2.30. The van der Waals surface area contributed by atoms with Crippen LogP contribution >= 0.6 is 21.6 Å². The van der Waals surface area contributed by atoms with Crippen LogP contribution in [-0.2, 0) is 4.74 Å². The van der Waals surface area contributed by atoms with Gasteiger partial charge in [0.05, 0.1) is 29.3 Å². The highest BCUT2D eigenvalue weighted by atomic mass is 33.1. The fourth-order valence-corrected chi connectivity index (χ4v) is 3.30. The van der Waals surface area contributed by atoms with E-state index in [9.17, 15) is 10.1 Å². The molecule has 0 fully saturated rings. The molecular weight excluding hydrogens is 304 g/mol. The van der Waals surface area contributed by atoms with Crippen LogP contribution in [0.1, 0.15) is 0 Å². The molecule has 0 spiro atoms. The third-order valence-electron chi connectivity index (χ3n) is 2.22. The van der Waals surface area contributed by atoms with E-state index >= 15 is 0 Å². The molecule has 0 saturated heterocycles. The summed E-state index contributed by atoms with van der Waals surface area (Å²) >= 11 is 0. The molecule has 1 aliphatic heterocycles. The van der Waals surface area contributed by atoms with E-state index in [4.69, 9.17) is 9.47 Å². The summed E-state index contributed by atoms with van der Waals surface area (Å²) in [5.41, 5.74) is 0. The van der Waals surface area contributed by atoms with Gasteiger partial charge in [-0.3, -0.25) is 0 Å². The van der Waals surface area contributed by atoms with Gasteiger partial charge in [-0.2, -0.15) is 0 Å². The van der Waals surface area contributed by atoms with E-state index in [-0.39, 0.29) is 11.8 Å². The SMILES string of the molecule is COC1=N[N+](=O)C(SSc2ccc(OC)n[n+]2[O-])C=C1. The molecule has 1 atom stereocenters. The Labute approximate surface area is 122 Å². The maximum atomic E-state index is 11.6. The summed E-state index contributed by atoms with van der Waals surface area (Å²) in [7, 11) is 5.17. The Kier molecular flexibility index (Phi) is 4.79. The number of methoxy groups -OCH3 is 2. The number of aromatic nitrogens is 2.